The summed E-state index contributed by atoms with van der Waals surface area (Å²) in [5.74, 6) is 0.269. The minimum absolute atomic E-state index is 0.160. The molecule has 8 heteroatoms. The third-order valence-electron chi connectivity index (χ3n) is 4.65. The Balaban J connectivity index is 1.32. The lowest BCUT2D eigenvalue weighted by Gasteiger charge is -2.18. The second kappa shape index (κ2) is 8.16. The van der Waals surface area contributed by atoms with Crippen LogP contribution in [0.1, 0.15) is 25.2 Å². The van der Waals surface area contributed by atoms with Gasteiger partial charge in [0.15, 0.2) is 0 Å². The molecule has 0 atom stereocenters. The van der Waals surface area contributed by atoms with Crippen molar-refractivity contribution in [2.45, 2.75) is 25.7 Å². The zero-order valence-electron chi connectivity index (χ0n) is 15.3. The molecule has 1 N–H and O–H groups in total. The molecule has 1 aliphatic heterocycles. The maximum absolute atomic E-state index is 14.3. The Hall–Kier alpha value is -3.29. The van der Waals surface area contributed by atoms with Gasteiger partial charge in [0.2, 0.25) is 17.6 Å². The fraction of sp³-hybridized carbons (Fsp3) is 0.300. The average Bonchev–Trinajstić information content (AvgIpc) is 3.39. The number of carbonyl (C=O) groups is 1. The molecule has 1 fully saturated rings. The molecule has 4 rings (SSSR count). The molecule has 0 unspecified atom stereocenters. The number of nitrogens with one attached hydrogen (secondary N) is 1. The number of aryl methyl sites for hydroxylation is 1. The van der Waals surface area contributed by atoms with Crippen molar-refractivity contribution in [3.63, 3.8) is 0 Å². The van der Waals surface area contributed by atoms with Gasteiger partial charge >= 0.3 is 0 Å². The van der Waals surface area contributed by atoms with Crippen LogP contribution < -0.4 is 10.2 Å². The first-order chi connectivity index (χ1) is 13.7. The summed E-state index contributed by atoms with van der Waals surface area (Å²) in [6.45, 7) is 1.74. The van der Waals surface area contributed by atoms with Gasteiger partial charge < -0.3 is 14.7 Å². The second-order valence-electron chi connectivity index (χ2n) is 6.66. The highest BCUT2D eigenvalue weighted by molar-refractivity contribution is 5.91. The fourth-order valence-corrected chi connectivity index (χ4v) is 3.22. The zero-order valence-corrected chi connectivity index (χ0v) is 15.3. The van der Waals surface area contributed by atoms with Gasteiger partial charge in [-0.1, -0.05) is 5.16 Å². The molecule has 0 saturated carbocycles. The van der Waals surface area contributed by atoms with Crippen molar-refractivity contribution in [2.75, 3.05) is 23.3 Å². The molecule has 3 heterocycles. The predicted octanol–water partition coefficient (Wildman–Crippen LogP) is 3.44. The van der Waals surface area contributed by atoms with Crippen LogP contribution in [0.4, 0.5) is 15.8 Å². The zero-order chi connectivity index (χ0) is 19.3. The van der Waals surface area contributed by atoms with Crippen molar-refractivity contribution >= 4 is 17.3 Å². The number of aromatic nitrogens is 3. The smallest absolute Gasteiger partial charge is 0.227 e. The van der Waals surface area contributed by atoms with Gasteiger partial charge in [-0.3, -0.25) is 9.78 Å². The number of amides is 1. The molecule has 1 amide bonds. The molecule has 0 bridgehead atoms. The summed E-state index contributed by atoms with van der Waals surface area (Å²) in [5.41, 5.74) is 1.82. The van der Waals surface area contributed by atoms with E-state index in [1.54, 1.807) is 36.7 Å². The third-order valence-corrected chi connectivity index (χ3v) is 4.65. The van der Waals surface area contributed by atoms with E-state index in [2.05, 4.69) is 20.4 Å². The molecular weight excluding hydrogens is 361 g/mol. The Kier molecular flexibility index (Phi) is 5.27. The summed E-state index contributed by atoms with van der Waals surface area (Å²) in [4.78, 5) is 22.4. The van der Waals surface area contributed by atoms with Gasteiger partial charge in [-0.05, 0) is 43.2 Å². The Bertz CT molecular complexity index is 954. The summed E-state index contributed by atoms with van der Waals surface area (Å²) < 4.78 is 19.5. The van der Waals surface area contributed by atoms with Gasteiger partial charge in [-0.15, -0.1) is 0 Å². The molecule has 7 nitrogen and oxygen atoms in total. The number of nitrogens with zero attached hydrogens (tertiary/aromatic N) is 4. The maximum atomic E-state index is 14.3. The van der Waals surface area contributed by atoms with Gasteiger partial charge in [0.05, 0.1) is 5.69 Å². The number of hydrogen-bond acceptors (Lipinski definition) is 6. The van der Waals surface area contributed by atoms with Crippen LogP contribution in [0.3, 0.4) is 0 Å². The molecule has 144 valence electrons. The minimum atomic E-state index is -0.321. The number of hydrogen-bond donors (Lipinski definition) is 1. The molecule has 0 spiro atoms. The van der Waals surface area contributed by atoms with Crippen molar-refractivity contribution in [2.24, 2.45) is 0 Å². The van der Waals surface area contributed by atoms with Crippen molar-refractivity contribution in [3.05, 3.63) is 54.4 Å². The van der Waals surface area contributed by atoms with Crippen molar-refractivity contribution < 1.29 is 13.7 Å². The molecule has 1 aromatic carbocycles. The van der Waals surface area contributed by atoms with E-state index >= 15 is 0 Å². The van der Waals surface area contributed by atoms with Crippen LogP contribution >= 0.6 is 0 Å². The standard InChI is InChI=1S/C20H20FN5O2/c21-16-13-15(3-4-17(16)26-11-1-2-12-26)23-18(27)5-6-19-24-20(25-28-19)14-7-9-22-10-8-14/h3-4,7-10,13H,1-2,5-6,11-12H2,(H,23,27). The molecule has 0 radical (unpaired) electrons. The van der Waals surface area contributed by atoms with E-state index in [9.17, 15) is 9.18 Å². The summed E-state index contributed by atoms with van der Waals surface area (Å²) in [6.07, 6.45) is 5.92. The highest BCUT2D eigenvalue weighted by Gasteiger charge is 2.17. The largest absolute Gasteiger partial charge is 0.369 e. The lowest BCUT2D eigenvalue weighted by atomic mass is 10.2. The summed E-state index contributed by atoms with van der Waals surface area (Å²) in [7, 11) is 0. The van der Waals surface area contributed by atoms with Gasteiger partial charge in [0.1, 0.15) is 5.82 Å². The van der Waals surface area contributed by atoms with E-state index in [1.165, 1.54) is 6.07 Å². The van der Waals surface area contributed by atoms with E-state index in [0.29, 0.717) is 29.5 Å². The minimum Gasteiger partial charge on any atom is -0.369 e. The topological polar surface area (TPSA) is 84.1 Å². The molecule has 3 aromatic rings. The van der Waals surface area contributed by atoms with Gasteiger partial charge in [-0.2, -0.15) is 4.98 Å². The summed E-state index contributed by atoms with van der Waals surface area (Å²) in [5, 5.41) is 6.62. The monoisotopic (exact) mass is 381 g/mol. The van der Waals surface area contributed by atoms with Crippen LogP contribution in [-0.2, 0) is 11.2 Å². The van der Waals surface area contributed by atoms with E-state index in [4.69, 9.17) is 4.52 Å². The first-order valence-corrected chi connectivity index (χ1v) is 9.26. The number of halogens is 1. The van der Waals surface area contributed by atoms with Gasteiger partial charge in [0.25, 0.3) is 0 Å². The summed E-state index contributed by atoms with van der Waals surface area (Å²) in [6, 6.07) is 8.36. The Labute approximate surface area is 161 Å². The first kappa shape index (κ1) is 18.1. The number of anilines is 2. The molecule has 1 aliphatic rings. The third kappa shape index (κ3) is 4.16. The molecule has 2 aromatic heterocycles. The fourth-order valence-electron chi connectivity index (χ4n) is 3.22. The predicted molar refractivity (Wildman–Crippen MR) is 102 cm³/mol. The van der Waals surface area contributed by atoms with E-state index < -0.39 is 0 Å². The molecule has 0 aliphatic carbocycles. The summed E-state index contributed by atoms with van der Waals surface area (Å²) >= 11 is 0. The maximum Gasteiger partial charge on any atom is 0.227 e. The average molecular weight is 381 g/mol. The van der Waals surface area contributed by atoms with E-state index in [-0.39, 0.29) is 18.1 Å². The highest BCUT2D eigenvalue weighted by Crippen LogP contribution is 2.26. The number of rotatable bonds is 6. The van der Waals surface area contributed by atoms with E-state index in [1.807, 2.05) is 4.90 Å². The second-order valence-corrected chi connectivity index (χ2v) is 6.66. The first-order valence-electron chi connectivity index (χ1n) is 9.26. The van der Waals surface area contributed by atoms with Crippen LogP contribution in [0.15, 0.2) is 47.2 Å². The molecule has 1 saturated heterocycles. The van der Waals surface area contributed by atoms with Crippen LogP contribution in [0, 0.1) is 5.82 Å². The number of benzene rings is 1. The Morgan fingerprint density at radius 2 is 1.96 bits per heavy atom. The molecule has 28 heavy (non-hydrogen) atoms. The SMILES string of the molecule is O=C(CCc1nc(-c2ccncc2)no1)Nc1ccc(N2CCCC2)c(F)c1. The van der Waals surface area contributed by atoms with Crippen molar-refractivity contribution in [3.8, 4) is 11.4 Å². The van der Waals surface area contributed by atoms with Crippen LogP contribution in [0.5, 0.6) is 0 Å². The lowest BCUT2D eigenvalue weighted by molar-refractivity contribution is -0.116. The van der Waals surface area contributed by atoms with Crippen LogP contribution in [0.2, 0.25) is 0 Å². The van der Waals surface area contributed by atoms with Gasteiger partial charge in [-0.25, -0.2) is 4.39 Å². The van der Waals surface area contributed by atoms with Crippen molar-refractivity contribution in [1.82, 2.24) is 15.1 Å². The Morgan fingerprint density at radius 3 is 2.71 bits per heavy atom. The van der Waals surface area contributed by atoms with Crippen LogP contribution in [0.25, 0.3) is 11.4 Å². The highest BCUT2D eigenvalue weighted by atomic mass is 19.1. The quantitative estimate of drug-likeness (QED) is 0.704. The lowest BCUT2D eigenvalue weighted by Crippen LogP contribution is -2.19. The van der Waals surface area contributed by atoms with Gasteiger partial charge in [0, 0.05) is 49.6 Å². The number of carbonyl (C=O) groups excluding carboxylic acids is 1. The van der Waals surface area contributed by atoms with E-state index in [0.717, 1.165) is 31.5 Å². The number of pyridine rings is 1. The van der Waals surface area contributed by atoms with Crippen LogP contribution in [-0.4, -0.2) is 34.1 Å². The molecular formula is C20H20FN5O2. The normalized spacial score (nSPS) is 13.7. The van der Waals surface area contributed by atoms with Crippen molar-refractivity contribution in [1.29, 1.82) is 0 Å². The Morgan fingerprint density at radius 1 is 1.18 bits per heavy atom.